The predicted octanol–water partition coefficient (Wildman–Crippen LogP) is 0.855. The van der Waals surface area contributed by atoms with Crippen molar-refractivity contribution in [3.8, 4) is 0 Å². The summed E-state index contributed by atoms with van der Waals surface area (Å²) < 4.78 is 0. The van der Waals surface area contributed by atoms with Crippen molar-refractivity contribution in [3.63, 3.8) is 0 Å². The summed E-state index contributed by atoms with van der Waals surface area (Å²) in [5.41, 5.74) is 0. The van der Waals surface area contributed by atoms with Crippen LogP contribution in [0.25, 0.3) is 0 Å². The van der Waals surface area contributed by atoms with E-state index in [1.807, 2.05) is 6.26 Å². The molecule has 3 heteroatoms. The molecule has 0 aliphatic carbocycles. The minimum atomic E-state index is 0.708. The largest absolute Gasteiger partial charge is 0.296 e. The first-order chi connectivity index (χ1) is 1.91. The molecule has 0 aromatic rings. The molecule has 0 saturated heterocycles. The molecule has 0 heterocycles. The third-order valence-electron chi connectivity index (χ3n) is 0.109. The fourth-order valence-electron chi connectivity index (χ4n) is 0. The number of rotatable bonds is 1. The highest BCUT2D eigenvalue weighted by Crippen LogP contribution is 1.86. The second-order valence-electron chi connectivity index (χ2n) is 0.398. The lowest BCUT2D eigenvalue weighted by molar-refractivity contribution is 2.54. The third-order valence-corrected chi connectivity index (χ3v) is 0.982. The smallest absolute Gasteiger partial charge is 0.197 e. The van der Waals surface area contributed by atoms with Gasteiger partial charge in [0.05, 0.1) is 0 Å². The first-order valence-electron chi connectivity index (χ1n) is 0.964. The zero-order valence-electron chi connectivity index (χ0n) is 2.49. The highest BCUT2D eigenvalue weighted by Gasteiger charge is 1.65. The van der Waals surface area contributed by atoms with Crippen LogP contribution in [0, 0.1) is 0 Å². The van der Waals surface area contributed by atoms with E-state index in [0.717, 1.165) is 0 Å². The summed E-state index contributed by atoms with van der Waals surface area (Å²) in [6.45, 7) is 0. The van der Waals surface area contributed by atoms with Crippen LogP contribution in [-0.4, -0.2) is 12.2 Å². The van der Waals surface area contributed by atoms with Gasteiger partial charge in [-0.1, -0.05) is 0 Å². The molecule has 0 aliphatic rings. The second kappa shape index (κ2) is 3.70. The van der Waals surface area contributed by atoms with Gasteiger partial charge in [0.15, 0.2) is 0 Å². The molecule has 0 spiro atoms. The average Bonchev–Trinajstić information content (AvgIpc) is 1.37. The van der Waals surface area contributed by atoms with Crippen LogP contribution < -0.4 is 0 Å². The van der Waals surface area contributed by atoms with Crippen LogP contribution in [0.1, 0.15) is 0 Å². The van der Waals surface area contributed by atoms with Crippen molar-refractivity contribution < 1.29 is 0 Å². The van der Waals surface area contributed by atoms with Crippen LogP contribution in [0.3, 0.4) is 0 Å². The Balaban J connectivity index is 1.97. The lowest BCUT2D eigenvalue weighted by Crippen LogP contribution is -1.53. The highest BCUT2D eigenvalue weighted by atomic mass is 35.5. The minimum absolute atomic E-state index is 0.708. The van der Waals surface area contributed by atoms with Crippen molar-refractivity contribution in [3.05, 3.63) is 0 Å². The molecule has 0 atom stereocenters. The maximum Gasteiger partial charge on any atom is 0.296 e. The van der Waals surface area contributed by atoms with Crippen LogP contribution in [0.4, 0.5) is 0 Å². The third kappa shape index (κ3) is 2.70. The van der Waals surface area contributed by atoms with E-state index in [9.17, 15) is 0 Å². The monoisotopic (exact) mass is 94.0 g/mol. The van der Waals surface area contributed by atoms with E-state index in [1.54, 1.807) is 11.6 Å². The molecule has 0 aromatic carbocycles. The molecule has 0 aromatic heterocycles. The highest BCUT2D eigenvalue weighted by molar-refractivity contribution is 8.25. The van der Waals surface area contributed by atoms with Crippen LogP contribution >= 0.6 is 23.1 Å². The molecule has 0 unspecified atom stereocenters. The van der Waals surface area contributed by atoms with Gasteiger partial charge in [0, 0.05) is 0 Å². The molecule has 0 nitrogen and oxygen atoms in total. The van der Waals surface area contributed by atoms with Crippen LogP contribution in [0.2, 0.25) is 0 Å². The summed E-state index contributed by atoms with van der Waals surface area (Å²) in [5, 5.41) is 0. The zero-order valence-corrected chi connectivity index (χ0v) is 4.07. The Hall–Kier alpha value is 0.705. The lowest BCUT2D eigenvalue weighted by Gasteiger charge is -1.63. The van der Waals surface area contributed by atoms with Crippen molar-refractivity contribution >= 4 is 29.0 Å². The van der Waals surface area contributed by atoms with E-state index in [0.29, 0.717) is 5.97 Å². The van der Waals surface area contributed by atoms with Gasteiger partial charge in [-0.05, 0) is 6.26 Å². The van der Waals surface area contributed by atoms with Crippen molar-refractivity contribution in [2.24, 2.45) is 0 Å². The van der Waals surface area contributed by atoms with Crippen LogP contribution in [0.5, 0.6) is 0 Å². The molecule has 4 heavy (non-hydrogen) atoms. The Morgan fingerprint density at radius 1 is 2.00 bits per heavy atom. The fraction of sp³-hybridized carbons (Fsp3) is 1.00. The Morgan fingerprint density at radius 2 is 2.25 bits per heavy atom. The van der Waals surface area contributed by atoms with E-state index < -0.39 is 0 Å². The summed E-state index contributed by atoms with van der Waals surface area (Å²) in [7, 11) is 0. The number of hydrogen-bond donors (Lipinski definition) is 0. The molecule has 0 aliphatic heterocycles. The Bertz CT molecular complexity index is 10.0. The first kappa shape index (κ1) is 4.70. The molecular weight excluding hydrogens is 90.3 g/mol. The van der Waals surface area contributed by atoms with E-state index in [1.165, 1.54) is 0 Å². The zero-order chi connectivity index (χ0) is 3.41. The SMILES string of the molecule is CSBCl. The summed E-state index contributed by atoms with van der Waals surface area (Å²) in [6.07, 6.45) is 1.97. The molecule has 0 radical (unpaired) electrons. The average molecular weight is 94.4 g/mol. The van der Waals surface area contributed by atoms with Crippen molar-refractivity contribution in [1.82, 2.24) is 0 Å². The van der Waals surface area contributed by atoms with E-state index in [2.05, 4.69) is 0 Å². The van der Waals surface area contributed by atoms with Gasteiger partial charge in [-0.3, -0.25) is 0 Å². The van der Waals surface area contributed by atoms with E-state index in [4.69, 9.17) is 11.5 Å². The van der Waals surface area contributed by atoms with Crippen molar-refractivity contribution in [1.29, 1.82) is 0 Å². The van der Waals surface area contributed by atoms with Gasteiger partial charge in [0.25, 0.3) is 5.97 Å². The number of hydrogen-bond acceptors (Lipinski definition) is 1. The van der Waals surface area contributed by atoms with Gasteiger partial charge in [-0.15, -0.1) is 0 Å². The van der Waals surface area contributed by atoms with E-state index in [-0.39, 0.29) is 0 Å². The molecular formula is CH4BClS. The normalized spacial score (nSPS) is 6.50. The minimum Gasteiger partial charge on any atom is -0.197 e. The van der Waals surface area contributed by atoms with Gasteiger partial charge in [0.1, 0.15) is 0 Å². The molecule has 0 N–H and O–H groups in total. The van der Waals surface area contributed by atoms with Gasteiger partial charge >= 0.3 is 0 Å². The van der Waals surface area contributed by atoms with Gasteiger partial charge in [0.2, 0.25) is 0 Å². The first-order valence-corrected chi connectivity index (χ1v) is 2.89. The molecule has 24 valence electrons. The standard InChI is InChI=1S/CH4BClS/c1-4-2-3/h2H,1H3. The summed E-state index contributed by atoms with van der Waals surface area (Å²) in [5.74, 6) is 0.708. The fourth-order valence-corrected chi connectivity index (χ4v) is 0. The summed E-state index contributed by atoms with van der Waals surface area (Å²) in [4.78, 5) is 0. The predicted molar refractivity (Wildman–Crippen MR) is 26.5 cm³/mol. The molecule has 0 saturated carbocycles. The van der Waals surface area contributed by atoms with E-state index >= 15 is 0 Å². The topological polar surface area (TPSA) is 0 Å². The summed E-state index contributed by atoms with van der Waals surface area (Å²) in [6, 6.07) is 0. The van der Waals surface area contributed by atoms with Crippen LogP contribution in [0.15, 0.2) is 0 Å². The van der Waals surface area contributed by atoms with Gasteiger partial charge < -0.3 is 0 Å². The number of halogens is 1. The Kier molecular flexibility index (Phi) is 4.36. The molecule has 0 bridgehead atoms. The Labute approximate surface area is 36.0 Å². The molecule has 0 rings (SSSR count). The van der Waals surface area contributed by atoms with Gasteiger partial charge in [-0.2, -0.15) is 23.1 Å². The molecule has 0 amide bonds. The maximum absolute atomic E-state index is 5.15. The van der Waals surface area contributed by atoms with Crippen LogP contribution in [-0.2, 0) is 0 Å². The van der Waals surface area contributed by atoms with Gasteiger partial charge in [-0.25, -0.2) is 0 Å². The quantitative estimate of drug-likeness (QED) is 0.434. The summed E-state index contributed by atoms with van der Waals surface area (Å²) >= 11 is 6.77. The Morgan fingerprint density at radius 3 is 2.25 bits per heavy atom. The lowest BCUT2D eigenvalue weighted by atomic mass is 10.7. The second-order valence-corrected chi connectivity index (χ2v) is 1.85. The van der Waals surface area contributed by atoms with Crippen molar-refractivity contribution in [2.75, 3.05) is 6.26 Å². The molecule has 0 fully saturated rings. The van der Waals surface area contributed by atoms with Crippen molar-refractivity contribution in [2.45, 2.75) is 0 Å². The maximum atomic E-state index is 5.15.